The molecule has 0 fully saturated rings. The first-order valence-electron chi connectivity index (χ1n) is 8.18. The number of thiazole rings is 1. The van der Waals surface area contributed by atoms with Crippen LogP contribution in [-0.4, -0.2) is 26.6 Å². The third-order valence-electron chi connectivity index (χ3n) is 3.79. The van der Waals surface area contributed by atoms with Crippen LogP contribution in [0.5, 0.6) is 5.75 Å². The van der Waals surface area contributed by atoms with E-state index < -0.39 is 17.2 Å². The van der Waals surface area contributed by atoms with Gasteiger partial charge >= 0.3 is 5.69 Å². The molecule has 9 heteroatoms. The van der Waals surface area contributed by atoms with Crippen LogP contribution in [-0.2, 0) is 18.9 Å². The smallest absolute Gasteiger partial charge is 0.330 e. The van der Waals surface area contributed by atoms with Crippen LogP contribution in [0.2, 0.25) is 0 Å². The number of aromatic nitrogens is 3. The molecule has 0 bridgehead atoms. The van der Waals surface area contributed by atoms with Crippen molar-refractivity contribution in [1.82, 2.24) is 14.1 Å². The van der Waals surface area contributed by atoms with Gasteiger partial charge in [0.1, 0.15) is 5.75 Å². The number of nitrogens with one attached hydrogen (secondary N) is 1. The maximum atomic E-state index is 12.1. The Hall–Kier alpha value is -3.20. The molecule has 140 valence electrons. The van der Waals surface area contributed by atoms with Crippen LogP contribution in [0.1, 0.15) is 12.5 Å². The number of anilines is 1. The van der Waals surface area contributed by atoms with Crippen molar-refractivity contribution in [3.05, 3.63) is 56.9 Å². The molecule has 2 heterocycles. The van der Waals surface area contributed by atoms with Gasteiger partial charge in [-0.15, -0.1) is 0 Å². The normalized spacial score (nSPS) is 11.2. The second-order valence-electron chi connectivity index (χ2n) is 5.75. The molecule has 0 saturated heterocycles. The van der Waals surface area contributed by atoms with Crippen LogP contribution in [0.15, 0.2) is 40.1 Å². The van der Waals surface area contributed by atoms with Crippen molar-refractivity contribution in [3.8, 4) is 5.75 Å². The topological polar surface area (TPSA) is 95.2 Å². The zero-order chi connectivity index (χ0) is 19.6. The molecule has 0 spiro atoms. The SMILES string of the molecule is CCOc1ccc2nc(NC(=O)/C=C\c3cn(C)c(=O)n(C)c3=O)sc2c1. The molecule has 1 amide bonds. The monoisotopic (exact) mass is 386 g/mol. The summed E-state index contributed by atoms with van der Waals surface area (Å²) in [6, 6.07) is 5.53. The van der Waals surface area contributed by atoms with Crippen LogP contribution in [0.25, 0.3) is 16.3 Å². The fourth-order valence-electron chi connectivity index (χ4n) is 2.48. The summed E-state index contributed by atoms with van der Waals surface area (Å²) in [5.74, 6) is 0.326. The maximum Gasteiger partial charge on any atom is 0.330 e. The van der Waals surface area contributed by atoms with Crippen LogP contribution >= 0.6 is 11.3 Å². The molecule has 1 N–H and O–H groups in total. The number of aryl methyl sites for hydroxylation is 1. The Morgan fingerprint density at radius 3 is 2.85 bits per heavy atom. The quantitative estimate of drug-likeness (QED) is 0.674. The number of hydrogen-bond acceptors (Lipinski definition) is 6. The highest BCUT2D eigenvalue weighted by atomic mass is 32.1. The highest BCUT2D eigenvalue weighted by Gasteiger charge is 2.08. The summed E-state index contributed by atoms with van der Waals surface area (Å²) in [6.45, 7) is 2.48. The van der Waals surface area contributed by atoms with E-state index in [1.54, 1.807) is 0 Å². The lowest BCUT2D eigenvalue weighted by Crippen LogP contribution is -2.37. The summed E-state index contributed by atoms with van der Waals surface area (Å²) in [5, 5.41) is 3.12. The summed E-state index contributed by atoms with van der Waals surface area (Å²) in [6.07, 6.45) is 4.00. The third kappa shape index (κ3) is 3.98. The van der Waals surface area contributed by atoms with Crippen LogP contribution in [0.3, 0.4) is 0 Å². The van der Waals surface area contributed by atoms with Gasteiger partial charge in [-0.25, -0.2) is 9.78 Å². The average molecular weight is 386 g/mol. The van der Waals surface area contributed by atoms with Gasteiger partial charge in [0, 0.05) is 26.4 Å². The fraction of sp³-hybridized carbons (Fsp3) is 0.222. The van der Waals surface area contributed by atoms with E-state index in [1.165, 1.54) is 48.3 Å². The van der Waals surface area contributed by atoms with Crippen LogP contribution in [0.4, 0.5) is 5.13 Å². The Kier molecular flexibility index (Phi) is 5.22. The number of hydrogen-bond donors (Lipinski definition) is 1. The summed E-state index contributed by atoms with van der Waals surface area (Å²) in [5.41, 5.74) is 0.100. The lowest BCUT2D eigenvalue weighted by molar-refractivity contribution is -0.111. The van der Waals surface area contributed by atoms with E-state index in [4.69, 9.17) is 4.74 Å². The molecule has 0 aliphatic rings. The molecular weight excluding hydrogens is 368 g/mol. The van der Waals surface area contributed by atoms with Crippen molar-refractivity contribution in [2.75, 3.05) is 11.9 Å². The van der Waals surface area contributed by atoms with Gasteiger partial charge in [0.2, 0.25) is 5.91 Å². The number of fused-ring (bicyclic) bond motifs is 1. The largest absolute Gasteiger partial charge is 0.494 e. The first-order chi connectivity index (χ1) is 12.9. The number of benzene rings is 1. The third-order valence-corrected chi connectivity index (χ3v) is 4.72. The molecule has 0 atom stereocenters. The van der Waals surface area contributed by atoms with Gasteiger partial charge in [-0.1, -0.05) is 11.3 Å². The van der Waals surface area contributed by atoms with E-state index in [-0.39, 0.29) is 5.56 Å². The standard InChI is InChI=1S/C18H18N4O4S/c1-4-26-12-6-7-13-14(9-12)27-17(19-13)20-15(23)8-5-11-10-21(2)18(25)22(3)16(11)24/h5-10H,4H2,1-3H3,(H,19,20,23)/b8-5-. The van der Waals surface area contributed by atoms with E-state index in [0.717, 1.165) is 20.5 Å². The Balaban J connectivity index is 1.78. The van der Waals surface area contributed by atoms with Gasteiger partial charge in [-0.3, -0.25) is 19.5 Å². The van der Waals surface area contributed by atoms with Crippen molar-refractivity contribution in [1.29, 1.82) is 0 Å². The molecule has 2 aromatic heterocycles. The predicted octanol–water partition coefficient (Wildman–Crippen LogP) is 1.74. The van der Waals surface area contributed by atoms with E-state index in [2.05, 4.69) is 10.3 Å². The van der Waals surface area contributed by atoms with Crippen LogP contribution < -0.4 is 21.3 Å². The van der Waals surface area contributed by atoms with Crippen molar-refractivity contribution < 1.29 is 9.53 Å². The highest BCUT2D eigenvalue weighted by Crippen LogP contribution is 2.29. The molecular formula is C18H18N4O4S. The minimum absolute atomic E-state index is 0.236. The number of nitrogens with zero attached hydrogens (tertiary/aromatic N) is 3. The molecule has 3 rings (SSSR count). The molecule has 8 nitrogen and oxygen atoms in total. The van der Waals surface area contributed by atoms with Crippen molar-refractivity contribution in [2.45, 2.75) is 6.92 Å². The molecule has 0 saturated carbocycles. The highest BCUT2D eigenvalue weighted by molar-refractivity contribution is 7.22. The van der Waals surface area contributed by atoms with Gasteiger partial charge in [-0.2, -0.15) is 0 Å². The lowest BCUT2D eigenvalue weighted by atomic mass is 10.3. The molecule has 0 radical (unpaired) electrons. The zero-order valence-electron chi connectivity index (χ0n) is 15.1. The van der Waals surface area contributed by atoms with Crippen molar-refractivity contribution in [3.63, 3.8) is 0 Å². The fourth-order valence-corrected chi connectivity index (χ4v) is 3.38. The lowest BCUT2D eigenvalue weighted by Gasteiger charge is -2.03. The number of ether oxygens (including phenoxy) is 1. The summed E-state index contributed by atoms with van der Waals surface area (Å²) in [4.78, 5) is 40.2. The Bertz CT molecular complexity index is 1160. The number of rotatable bonds is 5. The number of amides is 1. The molecule has 1 aromatic carbocycles. The first kappa shape index (κ1) is 18.6. The summed E-state index contributed by atoms with van der Waals surface area (Å²) >= 11 is 1.33. The van der Waals surface area contributed by atoms with E-state index in [9.17, 15) is 14.4 Å². The van der Waals surface area contributed by atoms with E-state index in [0.29, 0.717) is 11.7 Å². The molecule has 3 aromatic rings. The van der Waals surface area contributed by atoms with E-state index >= 15 is 0 Å². The minimum atomic E-state index is -0.467. The summed E-state index contributed by atoms with van der Waals surface area (Å²) < 4.78 is 8.62. The Morgan fingerprint density at radius 2 is 2.11 bits per heavy atom. The maximum absolute atomic E-state index is 12.1. The van der Waals surface area contributed by atoms with Crippen molar-refractivity contribution >= 4 is 38.7 Å². The first-order valence-corrected chi connectivity index (χ1v) is 9.00. The Labute approximate surface area is 158 Å². The van der Waals surface area contributed by atoms with E-state index in [1.807, 2.05) is 25.1 Å². The van der Waals surface area contributed by atoms with Gasteiger partial charge in [0.05, 0.1) is 22.4 Å². The minimum Gasteiger partial charge on any atom is -0.494 e. The predicted molar refractivity (Wildman–Crippen MR) is 105 cm³/mol. The molecule has 0 unspecified atom stereocenters. The van der Waals surface area contributed by atoms with Gasteiger partial charge in [0.25, 0.3) is 5.56 Å². The Morgan fingerprint density at radius 1 is 1.33 bits per heavy atom. The molecule has 0 aliphatic carbocycles. The second kappa shape index (κ2) is 7.58. The zero-order valence-corrected chi connectivity index (χ0v) is 15.9. The molecule has 0 aliphatic heterocycles. The van der Waals surface area contributed by atoms with Gasteiger partial charge in [-0.05, 0) is 31.2 Å². The van der Waals surface area contributed by atoms with Crippen molar-refractivity contribution in [2.24, 2.45) is 14.1 Å². The van der Waals surface area contributed by atoms with Gasteiger partial charge in [0.15, 0.2) is 5.13 Å². The molecule has 27 heavy (non-hydrogen) atoms. The average Bonchev–Trinajstić information content (AvgIpc) is 3.03. The summed E-state index contributed by atoms with van der Waals surface area (Å²) in [7, 11) is 2.93. The number of carbonyl (C=O) groups excluding carboxylic acids is 1. The number of carbonyl (C=O) groups is 1. The van der Waals surface area contributed by atoms with Crippen LogP contribution in [0, 0.1) is 0 Å². The second-order valence-corrected chi connectivity index (χ2v) is 6.78. The van der Waals surface area contributed by atoms with Gasteiger partial charge < -0.3 is 9.30 Å².